The maximum Gasteiger partial charge on any atom is 0.0611 e. The van der Waals surface area contributed by atoms with Crippen LogP contribution in [0.2, 0.25) is 0 Å². The zero-order chi connectivity index (χ0) is 7.40. The van der Waals surface area contributed by atoms with E-state index in [0.29, 0.717) is 6.10 Å². The number of rotatable bonds is 0. The highest BCUT2D eigenvalue weighted by Crippen LogP contribution is 2.04. The third-order valence-electron chi connectivity index (χ3n) is 1.84. The van der Waals surface area contributed by atoms with Gasteiger partial charge in [0.25, 0.3) is 0 Å². The molecule has 1 unspecified atom stereocenters. The molecule has 3 heteroatoms. The molecule has 0 bridgehead atoms. The summed E-state index contributed by atoms with van der Waals surface area (Å²) in [6.07, 6.45) is 2.71. The van der Waals surface area contributed by atoms with Crippen molar-refractivity contribution in [2.75, 3.05) is 19.7 Å². The van der Waals surface area contributed by atoms with Crippen molar-refractivity contribution in [3.05, 3.63) is 0 Å². The fraction of sp³-hybridized carbons (Fsp3) is 1.00. The molecule has 0 radical (unpaired) electrons. The Morgan fingerprint density at radius 3 is 3.10 bits per heavy atom. The summed E-state index contributed by atoms with van der Waals surface area (Å²) in [5.74, 6) is 5.60. The summed E-state index contributed by atoms with van der Waals surface area (Å²) in [7, 11) is 0. The van der Waals surface area contributed by atoms with Crippen LogP contribution < -0.4 is 5.84 Å². The SMILES string of the molecule is CC1CCCN(N)CCO1. The summed E-state index contributed by atoms with van der Waals surface area (Å²) in [4.78, 5) is 0. The van der Waals surface area contributed by atoms with Crippen LogP contribution in [0.5, 0.6) is 0 Å². The lowest BCUT2D eigenvalue weighted by Crippen LogP contribution is -2.37. The molecular weight excluding hydrogens is 128 g/mol. The number of hydrogen-bond donors (Lipinski definition) is 1. The Balaban J connectivity index is 2.21. The van der Waals surface area contributed by atoms with Crippen molar-refractivity contribution in [2.45, 2.75) is 25.9 Å². The van der Waals surface area contributed by atoms with Gasteiger partial charge in [0.2, 0.25) is 0 Å². The van der Waals surface area contributed by atoms with Crippen LogP contribution in [0, 0.1) is 0 Å². The van der Waals surface area contributed by atoms with Crippen molar-refractivity contribution in [3.63, 3.8) is 0 Å². The monoisotopic (exact) mass is 144 g/mol. The molecule has 1 rings (SSSR count). The normalized spacial score (nSPS) is 31.2. The average molecular weight is 144 g/mol. The third-order valence-corrected chi connectivity index (χ3v) is 1.84. The highest BCUT2D eigenvalue weighted by Gasteiger charge is 2.08. The zero-order valence-electron chi connectivity index (χ0n) is 6.55. The van der Waals surface area contributed by atoms with Crippen LogP contribution in [0.1, 0.15) is 19.8 Å². The third kappa shape index (κ3) is 2.64. The average Bonchev–Trinajstić information content (AvgIpc) is 1.84. The fourth-order valence-electron chi connectivity index (χ4n) is 1.15. The minimum absolute atomic E-state index is 0.425. The molecule has 1 aliphatic rings. The largest absolute Gasteiger partial charge is 0.377 e. The number of ether oxygens (including phenoxy) is 1. The van der Waals surface area contributed by atoms with Gasteiger partial charge in [0.15, 0.2) is 0 Å². The van der Waals surface area contributed by atoms with Crippen molar-refractivity contribution in [3.8, 4) is 0 Å². The first-order valence-corrected chi connectivity index (χ1v) is 3.90. The topological polar surface area (TPSA) is 38.5 Å². The van der Waals surface area contributed by atoms with Crippen molar-refractivity contribution >= 4 is 0 Å². The van der Waals surface area contributed by atoms with E-state index in [1.807, 2.05) is 5.01 Å². The summed E-state index contributed by atoms with van der Waals surface area (Å²) >= 11 is 0. The second-order valence-corrected chi connectivity index (χ2v) is 2.86. The molecule has 60 valence electrons. The van der Waals surface area contributed by atoms with Gasteiger partial charge in [-0.1, -0.05) is 0 Å². The maximum absolute atomic E-state index is 5.60. The molecule has 0 spiro atoms. The van der Waals surface area contributed by atoms with Gasteiger partial charge in [-0.2, -0.15) is 0 Å². The van der Waals surface area contributed by atoms with Gasteiger partial charge in [0.05, 0.1) is 12.7 Å². The summed E-state index contributed by atoms with van der Waals surface area (Å²) in [6.45, 7) is 4.77. The minimum Gasteiger partial charge on any atom is -0.377 e. The molecule has 1 fully saturated rings. The Morgan fingerprint density at radius 2 is 2.30 bits per heavy atom. The van der Waals surface area contributed by atoms with Crippen LogP contribution in [0.25, 0.3) is 0 Å². The number of nitrogens with zero attached hydrogens (tertiary/aromatic N) is 1. The highest BCUT2D eigenvalue weighted by molar-refractivity contribution is 4.58. The van der Waals surface area contributed by atoms with Crippen LogP contribution in [-0.2, 0) is 4.74 Å². The van der Waals surface area contributed by atoms with E-state index in [-0.39, 0.29) is 0 Å². The van der Waals surface area contributed by atoms with E-state index >= 15 is 0 Å². The quantitative estimate of drug-likeness (QED) is 0.499. The van der Waals surface area contributed by atoms with Crippen LogP contribution in [0.3, 0.4) is 0 Å². The molecule has 3 nitrogen and oxygen atoms in total. The van der Waals surface area contributed by atoms with E-state index in [9.17, 15) is 0 Å². The molecule has 1 atom stereocenters. The zero-order valence-corrected chi connectivity index (χ0v) is 6.55. The molecule has 1 heterocycles. The first-order chi connectivity index (χ1) is 4.79. The summed E-state index contributed by atoms with van der Waals surface area (Å²) in [5, 5.41) is 1.83. The van der Waals surface area contributed by atoms with Gasteiger partial charge >= 0.3 is 0 Å². The fourth-order valence-corrected chi connectivity index (χ4v) is 1.15. The van der Waals surface area contributed by atoms with E-state index in [1.165, 1.54) is 0 Å². The molecule has 10 heavy (non-hydrogen) atoms. The van der Waals surface area contributed by atoms with Crippen molar-refractivity contribution in [1.82, 2.24) is 5.01 Å². The molecule has 0 aromatic carbocycles. The molecule has 1 aliphatic heterocycles. The lowest BCUT2D eigenvalue weighted by Gasteiger charge is -2.22. The highest BCUT2D eigenvalue weighted by atomic mass is 16.5. The number of hydrazine groups is 1. The van der Waals surface area contributed by atoms with Crippen LogP contribution >= 0.6 is 0 Å². The van der Waals surface area contributed by atoms with E-state index in [4.69, 9.17) is 10.6 Å². The number of nitrogens with two attached hydrogens (primary N) is 1. The lowest BCUT2D eigenvalue weighted by atomic mass is 10.2. The van der Waals surface area contributed by atoms with Crippen LogP contribution in [0.15, 0.2) is 0 Å². The Labute approximate surface area is 62.1 Å². The van der Waals surface area contributed by atoms with Gasteiger partial charge in [-0.05, 0) is 19.8 Å². The molecule has 2 N–H and O–H groups in total. The Hall–Kier alpha value is -0.120. The molecule has 0 aromatic rings. The van der Waals surface area contributed by atoms with Crippen LogP contribution in [-0.4, -0.2) is 30.8 Å². The summed E-state index contributed by atoms with van der Waals surface area (Å²) < 4.78 is 5.43. The van der Waals surface area contributed by atoms with Gasteiger partial charge in [-0.3, -0.25) is 5.84 Å². The summed E-state index contributed by atoms with van der Waals surface area (Å²) in [5.41, 5.74) is 0. The second-order valence-electron chi connectivity index (χ2n) is 2.86. The van der Waals surface area contributed by atoms with Crippen LogP contribution in [0.4, 0.5) is 0 Å². The predicted molar refractivity (Wildman–Crippen MR) is 40.4 cm³/mol. The lowest BCUT2D eigenvalue weighted by molar-refractivity contribution is 0.0253. The van der Waals surface area contributed by atoms with Gasteiger partial charge in [-0.25, -0.2) is 5.01 Å². The molecule has 0 aliphatic carbocycles. The van der Waals surface area contributed by atoms with E-state index in [1.54, 1.807) is 0 Å². The van der Waals surface area contributed by atoms with E-state index in [2.05, 4.69) is 6.92 Å². The number of hydrogen-bond acceptors (Lipinski definition) is 3. The first-order valence-electron chi connectivity index (χ1n) is 3.90. The molecule has 0 amide bonds. The van der Waals surface area contributed by atoms with Crippen molar-refractivity contribution in [2.24, 2.45) is 5.84 Å². The van der Waals surface area contributed by atoms with Gasteiger partial charge in [0, 0.05) is 13.1 Å². The van der Waals surface area contributed by atoms with Gasteiger partial charge < -0.3 is 4.74 Å². The van der Waals surface area contributed by atoms with Crippen molar-refractivity contribution in [1.29, 1.82) is 0 Å². The summed E-state index contributed by atoms with van der Waals surface area (Å²) in [6, 6.07) is 0. The van der Waals surface area contributed by atoms with Gasteiger partial charge in [-0.15, -0.1) is 0 Å². The Morgan fingerprint density at radius 1 is 1.50 bits per heavy atom. The van der Waals surface area contributed by atoms with E-state index in [0.717, 1.165) is 32.5 Å². The van der Waals surface area contributed by atoms with E-state index < -0.39 is 0 Å². The molecule has 0 saturated carbocycles. The molecule has 0 aromatic heterocycles. The van der Waals surface area contributed by atoms with Crippen molar-refractivity contribution < 1.29 is 4.74 Å². The molecule has 1 saturated heterocycles. The Kier molecular flexibility index (Phi) is 3.12. The smallest absolute Gasteiger partial charge is 0.0611 e. The minimum atomic E-state index is 0.425. The standard InChI is InChI=1S/C7H16N2O/c1-7-3-2-4-9(8)5-6-10-7/h7H,2-6,8H2,1H3. The molecular formula is C7H16N2O. The second kappa shape index (κ2) is 3.91. The first kappa shape index (κ1) is 7.98. The predicted octanol–water partition coefficient (Wildman–Crippen LogP) is 0.361. The maximum atomic E-state index is 5.60. The Bertz CT molecular complexity index is 77.6. The van der Waals surface area contributed by atoms with Gasteiger partial charge in [0.1, 0.15) is 0 Å².